The number of thiophene rings is 1. The van der Waals surface area contributed by atoms with E-state index in [4.69, 9.17) is 9.72 Å². The molecule has 1 saturated carbocycles. The third kappa shape index (κ3) is 3.35. The maximum absolute atomic E-state index is 13.3. The number of aromatic nitrogens is 3. The van der Waals surface area contributed by atoms with Crippen LogP contribution in [0, 0.1) is 11.8 Å². The number of imidazole rings is 1. The number of amides is 1. The fourth-order valence-corrected chi connectivity index (χ4v) is 6.10. The number of hydrogen-bond donors (Lipinski definition) is 0. The van der Waals surface area contributed by atoms with Crippen LogP contribution >= 0.6 is 11.3 Å². The summed E-state index contributed by atoms with van der Waals surface area (Å²) in [6, 6.07) is 7.77. The summed E-state index contributed by atoms with van der Waals surface area (Å²) >= 11 is 1.58. The van der Waals surface area contributed by atoms with Crippen molar-refractivity contribution in [2.75, 3.05) is 20.2 Å². The van der Waals surface area contributed by atoms with Gasteiger partial charge >= 0.3 is 0 Å². The van der Waals surface area contributed by atoms with Crippen molar-refractivity contribution in [2.45, 2.75) is 32.6 Å². The molecule has 0 radical (unpaired) electrons. The van der Waals surface area contributed by atoms with Crippen LogP contribution in [0.2, 0.25) is 0 Å². The van der Waals surface area contributed by atoms with E-state index in [1.807, 2.05) is 50.7 Å². The van der Waals surface area contributed by atoms with Gasteiger partial charge in [0, 0.05) is 37.0 Å². The number of likely N-dealkylation sites (tertiary alicyclic amines) is 1. The van der Waals surface area contributed by atoms with Gasteiger partial charge in [-0.05, 0) is 61.2 Å². The molecular weight excluding hydrogens is 448 g/mol. The quantitative estimate of drug-likeness (QED) is 0.407. The number of hydrogen-bond acceptors (Lipinski definition) is 5. The highest BCUT2D eigenvalue weighted by Crippen LogP contribution is 2.39. The fourth-order valence-electron chi connectivity index (χ4n) is 5.20. The van der Waals surface area contributed by atoms with Gasteiger partial charge in [0.2, 0.25) is 5.91 Å². The van der Waals surface area contributed by atoms with Crippen LogP contribution in [0.4, 0.5) is 0 Å². The molecule has 1 aromatic carbocycles. The highest BCUT2D eigenvalue weighted by atomic mass is 32.1. The summed E-state index contributed by atoms with van der Waals surface area (Å²) in [5, 5.41) is 3.06. The fraction of sp³-hybridized carbons (Fsp3) is 0.423. The Bertz CT molecular complexity index is 1440. The second kappa shape index (κ2) is 7.98. The minimum Gasteiger partial charge on any atom is -0.494 e. The summed E-state index contributed by atoms with van der Waals surface area (Å²) in [7, 11) is 3.56. The van der Waals surface area contributed by atoms with Gasteiger partial charge in [0.1, 0.15) is 16.1 Å². The molecule has 7 nitrogen and oxygen atoms in total. The van der Waals surface area contributed by atoms with Crippen molar-refractivity contribution in [1.82, 2.24) is 19.0 Å². The molecule has 1 aliphatic heterocycles. The van der Waals surface area contributed by atoms with E-state index >= 15 is 0 Å². The summed E-state index contributed by atoms with van der Waals surface area (Å²) in [5.74, 6) is 2.07. The van der Waals surface area contributed by atoms with E-state index in [2.05, 4.69) is 6.92 Å². The zero-order chi connectivity index (χ0) is 23.6. The summed E-state index contributed by atoms with van der Waals surface area (Å²) in [5.41, 5.74) is 2.89. The first-order valence-corrected chi connectivity index (χ1v) is 12.8. The Kier molecular flexibility index (Phi) is 5.02. The lowest BCUT2D eigenvalue weighted by atomic mass is 9.99. The number of piperidine rings is 1. The number of rotatable bonds is 4. The minimum atomic E-state index is 0.0201. The Morgan fingerprint density at radius 1 is 1.18 bits per heavy atom. The molecule has 0 N–H and O–H groups in total. The molecule has 34 heavy (non-hydrogen) atoms. The number of ether oxygens (including phenoxy) is 1. The Morgan fingerprint density at radius 2 is 2.00 bits per heavy atom. The summed E-state index contributed by atoms with van der Waals surface area (Å²) in [6.45, 7) is 3.75. The van der Waals surface area contributed by atoms with Crippen molar-refractivity contribution in [3.8, 4) is 17.3 Å². The molecule has 4 heterocycles. The van der Waals surface area contributed by atoms with E-state index in [1.54, 1.807) is 18.4 Å². The first-order valence-electron chi connectivity index (χ1n) is 11.9. The molecule has 3 aromatic heterocycles. The van der Waals surface area contributed by atoms with E-state index in [9.17, 15) is 9.59 Å². The normalized spacial score (nSPS) is 18.7. The minimum absolute atomic E-state index is 0.0201. The molecule has 176 valence electrons. The van der Waals surface area contributed by atoms with Crippen LogP contribution in [0.25, 0.3) is 32.8 Å². The van der Waals surface area contributed by atoms with E-state index < -0.39 is 0 Å². The van der Waals surface area contributed by atoms with Crippen LogP contribution in [0.3, 0.4) is 0 Å². The van der Waals surface area contributed by atoms with E-state index in [0.717, 1.165) is 60.2 Å². The summed E-state index contributed by atoms with van der Waals surface area (Å²) in [4.78, 5) is 34.4. The number of carbonyl (C=O) groups is 2. The van der Waals surface area contributed by atoms with Crippen LogP contribution in [-0.4, -0.2) is 51.0 Å². The molecular formula is C26H28N4O3S. The molecule has 1 unspecified atom stereocenters. The lowest BCUT2D eigenvalue weighted by Crippen LogP contribution is -2.39. The van der Waals surface area contributed by atoms with Crippen molar-refractivity contribution in [2.24, 2.45) is 18.9 Å². The maximum Gasteiger partial charge on any atom is 0.254 e. The van der Waals surface area contributed by atoms with Crippen molar-refractivity contribution in [3.63, 3.8) is 0 Å². The van der Waals surface area contributed by atoms with Gasteiger partial charge in [-0.3, -0.25) is 14.2 Å². The molecule has 4 aromatic rings. The Balaban J connectivity index is 1.48. The maximum atomic E-state index is 13.3. The number of carbonyl (C=O) groups excluding carboxylic acids is 2. The van der Waals surface area contributed by atoms with E-state index in [0.29, 0.717) is 28.6 Å². The van der Waals surface area contributed by atoms with Gasteiger partial charge in [-0.15, -0.1) is 11.3 Å². The van der Waals surface area contributed by atoms with Crippen LogP contribution in [0.15, 0.2) is 29.6 Å². The largest absolute Gasteiger partial charge is 0.494 e. The highest BCUT2D eigenvalue weighted by Gasteiger charge is 2.34. The average Bonchev–Trinajstić information content (AvgIpc) is 3.36. The van der Waals surface area contributed by atoms with Gasteiger partial charge in [0.05, 0.1) is 18.3 Å². The molecule has 0 spiro atoms. The Morgan fingerprint density at radius 3 is 2.74 bits per heavy atom. The van der Waals surface area contributed by atoms with Crippen LogP contribution < -0.4 is 4.74 Å². The molecule has 2 fully saturated rings. The molecule has 2 aliphatic rings. The van der Waals surface area contributed by atoms with Gasteiger partial charge in [-0.1, -0.05) is 6.92 Å². The van der Waals surface area contributed by atoms with Crippen molar-refractivity contribution >= 4 is 44.4 Å². The molecule has 1 saturated heterocycles. The number of aryl methyl sites for hydroxylation is 1. The third-order valence-corrected chi connectivity index (χ3v) is 8.05. The van der Waals surface area contributed by atoms with Crippen LogP contribution in [0.5, 0.6) is 5.75 Å². The number of fused-ring (bicyclic) bond motifs is 2. The third-order valence-electron chi connectivity index (χ3n) is 7.13. The number of benzene rings is 1. The summed E-state index contributed by atoms with van der Waals surface area (Å²) in [6.07, 6.45) is 4.08. The Hall–Kier alpha value is -3.13. The monoisotopic (exact) mass is 476 g/mol. The van der Waals surface area contributed by atoms with Gasteiger partial charge in [-0.2, -0.15) is 0 Å². The molecule has 1 aliphatic carbocycles. The first kappa shape index (κ1) is 21.4. The summed E-state index contributed by atoms with van der Waals surface area (Å²) < 4.78 is 9.54. The van der Waals surface area contributed by atoms with Crippen LogP contribution in [-0.2, 0) is 7.05 Å². The smallest absolute Gasteiger partial charge is 0.254 e. The molecule has 0 bridgehead atoms. The predicted octanol–water partition coefficient (Wildman–Crippen LogP) is 5.19. The standard InChI is InChI=1S/C26H28N4O3S/c1-15-5-4-9-29(14-15)24(31)18-11-19-22(21(13-18)33-3)28(2)23(27-19)20-12-17-8-10-34-26(17)30(20)25(32)16-6-7-16/h8,10-13,15-16H,4-7,9,14H2,1-3H3. The molecule has 6 rings (SSSR count). The molecule has 1 atom stereocenters. The second-order valence-electron chi connectivity index (χ2n) is 9.70. The lowest BCUT2D eigenvalue weighted by Gasteiger charge is -2.31. The number of nitrogens with zero attached hydrogens (tertiary/aromatic N) is 4. The topological polar surface area (TPSA) is 69.4 Å². The van der Waals surface area contributed by atoms with Crippen LogP contribution in [0.1, 0.15) is 47.8 Å². The average molecular weight is 477 g/mol. The number of methoxy groups -OCH3 is 1. The second-order valence-corrected chi connectivity index (χ2v) is 10.6. The van der Waals surface area contributed by atoms with Gasteiger partial charge in [0.25, 0.3) is 5.91 Å². The lowest BCUT2D eigenvalue weighted by molar-refractivity contribution is 0.0682. The van der Waals surface area contributed by atoms with Gasteiger partial charge in [0.15, 0.2) is 5.82 Å². The van der Waals surface area contributed by atoms with E-state index in [-0.39, 0.29) is 17.7 Å². The van der Waals surface area contributed by atoms with Crippen molar-refractivity contribution < 1.29 is 14.3 Å². The van der Waals surface area contributed by atoms with Crippen molar-refractivity contribution in [3.05, 3.63) is 35.2 Å². The SMILES string of the molecule is COc1cc(C(=O)N2CCCC(C)C2)cc2nc(-c3cc4ccsc4n3C(=O)C3CC3)n(C)c12. The Labute approximate surface area is 201 Å². The first-order chi connectivity index (χ1) is 16.5. The van der Waals surface area contributed by atoms with E-state index in [1.165, 1.54) is 0 Å². The van der Waals surface area contributed by atoms with Crippen molar-refractivity contribution in [1.29, 1.82) is 0 Å². The zero-order valence-electron chi connectivity index (χ0n) is 19.7. The molecule has 1 amide bonds. The molecule has 8 heteroatoms. The zero-order valence-corrected chi connectivity index (χ0v) is 20.5. The van der Waals surface area contributed by atoms with Gasteiger partial charge in [-0.25, -0.2) is 4.98 Å². The van der Waals surface area contributed by atoms with Gasteiger partial charge < -0.3 is 14.2 Å². The highest BCUT2D eigenvalue weighted by molar-refractivity contribution is 7.17. The predicted molar refractivity (Wildman–Crippen MR) is 134 cm³/mol.